The van der Waals surface area contributed by atoms with Crippen LogP contribution in [0.25, 0.3) is 0 Å². The Morgan fingerprint density at radius 2 is 1.96 bits per heavy atom. The number of aryl methyl sites for hydroxylation is 2. The van der Waals surface area contributed by atoms with Gasteiger partial charge in [-0.05, 0) is 69.8 Å². The molecule has 0 aromatic carbocycles. The van der Waals surface area contributed by atoms with E-state index in [4.69, 9.17) is 4.52 Å². The van der Waals surface area contributed by atoms with Crippen LogP contribution < -0.4 is 16.0 Å². The largest absolute Gasteiger partial charge is 0.391 e. The van der Waals surface area contributed by atoms with Crippen molar-refractivity contribution >= 4 is 35.4 Å². The van der Waals surface area contributed by atoms with E-state index < -0.39 is 47.9 Å². The molecule has 14 nitrogen and oxygen atoms in total. The third-order valence-electron chi connectivity index (χ3n) is 9.12. The smallest absolute Gasteiger partial charge is 0.276 e. The van der Waals surface area contributed by atoms with E-state index in [-0.39, 0.29) is 30.1 Å². The fourth-order valence-electron chi connectivity index (χ4n) is 6.04. The molecule has 2 aromatic rings. The number of aliphatic hydroxyl groups excluding tert-OH is 1. The van der Waals surface area contributed by atoms with Crippen molar-refractivity contribution in [2.45, 2.75) is 97.6 Å². The zero-order valence-electron chi connectivity index (χ0n) is 27.4. The predicted octanol–water partition coefficient (Wildman–Crippen LogP) is 1.59. The number of aliphatic hydroxyl groups is 1. The second-order valence-corrected chi connectivity index (χ2v) is 13.7. The Kier molecular flexibility index (Phi) is 11.6. The average Bonchev–Trinajstić information content (AvgIpc) is 3.73. The molecule has 4 N–H and O–H groups in total. The lowest BCUT2D eigenvalue weighted by Gasteiger charge is -2.35. The van der Waals surface area contributed by atoms with Crippen LogP contribution in [-0.2, 0) is 27.5 Å². The summed E-state index contributed by atoms with van der Waals surface area (Å²) in [5.41, 5.74) is 1.78. The number of fused-ring (bicyclic) bond motifs is 4. The molecule has 0 spiro atoms. The summed E-state index contributed by atoms with van der Waals surface area (Å²) in [5.74, 6) is -0.991. The standard InChI is InChI=1S/C31H46N8O6S/c1-18-15-25(36-45-18)30(44)39-13-10-22-8-7-21(31(22,4)5)9-12-38-17-23(35-37-38)16-32-28(42)24(11-14-46-6)33-29(43)26(20(3)40)34-27(41)19(39)2/h7,15,17,19-20,22,24,26,40H,8-14,16H2,1-6H3,(H,32,42)(H,33,43)(H,34,41)/t19-,20+,22+,24-,26-/m0/s1. The fraction of sp³-hybridized carbons (Fsp3) is 0.645. The molecule has 2 aromatic heterocycles. The zero-order chi connectivity index (χ0) is 33.6. The maximum atomic E-state index is 13.7. The highest BCUT2D eigenvalue weighted by atomic mass is 32.2. The maximum absolute atomic E-state index is 13.7. The summed E-state index contributed by atoms with van der Waals surface area (Å²) in [7, 11) is 0. The Labute approximate surface area is 273 Å². The van der Waals surface area contributed by atoms with Gasteiger partial charge in [0.25, 0.3) is 5.91 Å². The molecule has 0 fully saturated rings. The number of hydrogen-bond donors (Lipinski definition) is 4. The van der Waals surface area contributed by atoms with E-state index >= 15 is 0 Å². The number of thioether (sulfide) groups is 1. The van der Waals surface area contributed by atoms with Gasteiger partial charge in [-0.2, -0.15) is 11.8 Å². The molecule has 4 amide bonds. The molecule has 0 unspecified atom stereocenters. The van der Waals surface area contributed by atoms with Gasteiger partial charge in [0.2, 0.25) is 17.7 Å². The highest BCUT2D eigenvalue weighted by Crippen LogP contribution is 2.46. The highest BCUT2D eigenvalue weighted by molar-refractivity contribution is 7.98. The van der Waals surface area contributed by atoms with Crippen LogP contribution in [0.15, 0.2) is 28.4 Å². The number of aromatic nitrogens is 4. The summed E-state index contributed by atoms with van der Waals surface area (Å²) in [4.78, 5) is 55.4. The lowest BCUT2D eigenvalue weighted by molar-refractivity contribution is -0.135. The first-order valence-electron chi connectivity index (χ1n) is 15.7. The van der Waals surface area contributed by atoms with Crippen molar-refractivity contribution in [2.75, 3.05) is 18.6 Å². The third-order valence-corrected chi connectivity index (χ3v) is 9.76. The van der Waals surface area contributed by atoms with Crippen molar-refractivity contribution in [1.82, 2.24) is 41.0 Å². The van der Waals surface area contributed by atoms with E-state index in [0.29, 0.717) is 36.6 Å². The summed E-state index contributed by atoms with van der Waals surface area (Å²) in [5, 5.41) is 31.0. The molecule has 3 heterocycles. The molecule has 0 saturated carbocycles. The number of hydrogen-bond acceptors (Lipinski definition) is 10. The minimum Gasteiger partial charge on any atom is -0.391 e. The van der Waals surface area contributed by atoms with Crippen LogP contribution in [0.4, 0.5) is 0 Å². The maximum Gasteiger partial charge on any atom is 0.276 e. The van der Waals surface area contributed by atoms with E-state index in [9.17, 15) is 24.3 Å². The van der Waals surface area contributed by atoms with Crippen molar-refractivity contribution in [3.05, 3.63) is 41.1 Å². The van der Waals surface area contributed by atoms with Crippen molar-refractivity contribution in [3.8, 4) is 0 Å². The summed E-state index contributed by atoms with van der Waals surface area (Å²) < 4.78 is 6.90. The molecule has 4 rings (SSSR count). The molecule has 252 valence electrons. The van der Waals surface area contributed by atoms with Gasteiger partial charge in [0.15, 0.2) is 5.69 Å². The molecular formula is C31H46N8O6S. The van der Waals surface area contributed by atoms with E-state index in [1.165, 1.54) is 35.2 Å². The lowest BCUT2D eigenvalue weighted by Crippen LogP contribution is -2.60. The highest BCUT2D eigenvalue weighted by Gasteiger charge is 2.39. The molecule has 2 aliphatic rings. The van der Waals surface area contributed by atoms with E-state index in [1.54, 1.807) is 24.7 Å². The van der Waals surface area contributed by atoms with Gasteiger partial charge in [-0.25, -0.2) is 0 Å². The van der Waals surface area contributed by atoms with Crippen LogP contribution in [0.2, 0.25) is 0 Å². The Bertz CT molecular complexity index is 1440. The monoisotopic (exact) mass is 658 g/mol. The predicted molar refractivity (Wildman–Crippen MR) is 171 cm³/mol. The second kappa shape index (κ2) is 15.2. The number of amides is 4. The van der Waals surface area contributed by atoms with Crippen molar-refractivity contribution in [2.24, 2.45) is 11.3 Å². The van der Waals surface area contributed by atoms with Gasteiger partial charge in [0.05, 0.1) is 18.8 Å². The van der Waals surface area contributed by atoms with Gasteiger partial charge in [-0.3, -0.25) is 23.9 Å². The third kappa shape index (κ3) is 8.35. The summed E-state index contributed by atoms with van der Waals surface area (Å²) in [6.45, 7) is 10.0. The fourth-order valence-corrected chi connectivity index (χ4v) is 6.51. The lowest BCUT2D eigenvalue weighted by atomic mass is 9.74. The van der Waals surface area contributed by atoms with Gasteiger partial charge in [0.1, 0.15) is 29.6 Å². The first kappa shape index (κ1) is 35.1. The van der Waals surface area contributed by atoms with E-state index in [0.717, 1.165) is 12.8 Å². The topological polar surface area (TPSA) is 185 Å². The minimum absolute atomic E-state index is 0.0758. The number of carbonyl (C=O) groups excluding carboxylic acids is 4. The number of nitrogens with zero attached hydrogens (tertiary/aromatic N) is 5. The number of nitrogens with one attached hydrogen (secondary N) is 3. The summed E-state index contributed by atoms with van der Waals surface area (Å²) in [6, 6.07) is -1.78. The zero-order valence-corrected chi connectivity index (χ0v) is 28.2. The van der Waals surface area contributed by atoms with Gasteiger partial charge >= 0.3 is 0 Å². The first-order valence-corrected chi connectivity index (χ1v) is 17.1. The van der Waals surface area contributed by atoms with E-state index in [1.807, 2.05) is 6.26 Å². The molecular weight excluding hydrogens is 612 g/mol. The molecule has 5 atom stereocenters. The molecule has 1 aliphatic heterocycles. The van der Waals surface area contributed by atoms with Crippen LogP contribution in [0.3, 0.4) is 0 Å². The minimum atomic E-state index is -1.37. The van der Waals surface area contributed by atoms with Crippen LogP contribution in [-0.4, -0.2) is 96.6 Å². The normalized spacial score (nSPS) is 25.5. The molecule has 1 aliphatic carbocycles. The Morgan fingerprint density at radius 3 is 2.63 bits per heavy atom. The average molecular weight is 659 g/mol. The van der Waals surface area contributed by atoms with Crippen molar-refractivity contribution in [1.29, 1.82) is 0 Å². The van der Waals surface area contributed by atoms with Gasteiger partial charge in [-0.1, -0.05) is 35.9 Å². The first-order chi connectivity index (χ1) is 21.8. The molecule has 15 heteroatoms. The Morgan fingerprint density at radius 1 is 1.20 bits per heavy atom. The SMILES string of the molecule is CSCC[C@@H]1NC(=O)[C@H]([C@@H](C)O)NC(=O)[C@H](C)N(C(=O)c2cc(C)on2)CC[C@H]2CC=C(CCn3cc(nn3)CNC1=O)C2(C)C. The molecule has 46 heavy (non-hydrogen) atoms. The number of allylic oxidation sites excluding steroid dienone is 2. The number of rotatable bonds is 5. The Hall–Kier alpha value is -3.72. The van der Waals surface area contributed by atoms with Crippen molar-refractivity contribution in [3.63, 3.8) is 0 Å². The van der Waals surface area contributed by atoms with Crippen molar-refractivity contribution < 1.29 is 28.8 Å². The molecule has 4 bridgehead atoms. The van der Waals surface area contributed by atoms with Crippen LogP contribution in [0.1, 0.15) is 75.3 Å². The van der Waals surface area contributed by atoms with Crippen LogP contribution in [0, 0.1) is 18.3 Å². The van der Waals surface area contributed by atoms with Gasteiger partial charge in [0, 0.05) is 19.2 Å². The molecule has 0 radical (unpaired) electrons. The van der Waals surface area contributed by atoms with Gasteiger partial charge < -0.3 is 30.5 Å². The van der Waals surface area contributed by atoms with Gasteiger partial charge in [-0.15, -0.1) is 5.10 Å². The summed E-state index contributed by atoms with van der Waals surface area (Å²) in [6.07, 6.45) is 7.18. The Balaban J connectivity index is 1.65. The molecule has 0 saturated heterocycles. The quantitative estimate of drug-likeness (QED) is 0.344. The van der Waals surface area contributed by atoms with Crippen LogP contribution in [0.5, 0.6) is 0 Å². The summed E-state index contributed by atoms with van der Waals surface area (Å²) >= 11 is 1.52. The number of carbonyl (C=O) groups is 4. The van der Waals surface area contributed by atoms with E-state index in [2.05, 4.69) is 51.3 Å². The van der Waals surface area contributed by atoms with Crippen LogP contribution >= 0.6 is 11.8 Å². The second-order valence-electron chi connectivity index (χ2n) is 12.7.